The van der Waals surface area contributed by atoms with Crippen LogP contribution in [0.3, 0.4) is 0 Å². The van der Waals surface area contributed by atoms with Crippen LogP contribution in [0.15, 0.2) is 91.0 Å². The minimum atomic E-state index is -1.18. The number of nitrogens with one attached hydrogen (secondary N) is 4. The Morgan fingerprint density at radius 2 is 1.58 bits per heavy atom. The fourth-order valence-corrected chi connectivity index (χ4v) is 3.44. The van der Waals surface area contributed by atoms with Crippen LogP contribution in [0.1, 0.15) is 40.0 Å². The summed E-state index contributed by atoms with van der Waals surface area (Å²) < 4.78 is 0. The monoisotopic (exact) mass is 510 g/mol. The summed E-state index contributed by atoms with van der Waals surface area (Å²) in [5.41, 5.74) is 4.62. The van der Waals surface area contributed by atoms with Crippen LogP contribution in [0.25, 0.3) is 6.08 Å². The van der Waals surface area contributed by atoms with Crippen LogP contribution >= 0.6 is 0 Å². The highest BCUT2D eigenvalue weighted by molar-refractivity contribution is 5.97. The van der Waals surface area contributed by atoms with Gasteiger partial charge in [-0.05, 0) is 54.5 Å². The number of hydroxylamine groups is 1. The van der Waals surface area contributed by atoms with Gasteiger partial charge in [-0.2, -0.15) is 0 Å². The molecule has 194 valence electrons. The largest absolute Gasteiger partial charge is 0.352 e. The van der Waals surface area contributed by atoms with Crippen molar-refractivity contribution < 1.29 is 19.6 Å². The normalized spacial score (nSPS) is 12.1. The Morgan fingerprint density at radius 3 is 2.24 bits per heavy atom. The Morgan fingerprint density at radius 1 is 0.921 bits per heavy atom. The van der Waals surface area contributed by atoms with E-state index >= 15 is 0 Å². The van der Waals surface area contributed by atoms with Crippen LogP contribution in [-0.4, -0.2) is 42.1 Å². The highest BCUT2D eigenvalue weighted by atomic mass is 16.5. The van der Waals surface area contributed by atoms with Crippen LogP contribution in [0, 0.1) is 11.8 Å². The van der Waals surface area contributed by atoms with Gasteiger partial charge in [0, 0.05) is 23.7 Å². The van der Waals surface area contributed by atoms with E-state index in [1.165, 1.54) is 5.48 Å². The van der Waals surface area contributed by atoms with Crippen LogP contribution in [0.4, 0.5) is 0 Å². The maximum Gasteiger partial charge on any atom is 0.267 e. The van der Waals surface area contributed by atoms with E-state index in [9.17, 15) is 14.4 Å². The van der Waals surface area contributed by atoms with Crippen molar-refractivity contribution >= 4 is 23.8 Å². The Labute approximate surface area is 222 Å². The Kier molecular flexibility index (Phi) is 10.8. The van der Waals surface area contributed by atoms with Crippen LogP contribution in [-0.2, 0) is 9.59 Å². The third kappa shape index (κ3) is 9.06. The second-order valence-electron chi connectivity index (χ2n) is 8.41. The van der Waals surface area contributed by atoms with Gasteiger partial charge < -0.3 is 16.0 Å². The average molecular weight is 511 g/mol. The molecule has 0 aliphatic rings. The maximum atomic E-state index is 12.7. The molecule has 0 spiro atoms. The lowest BCUT2D eigenvalue weighted by Crippen LogP contribution is -2.52. The summed E-state index contributed by atoms with van der Waals surface area (Å²) in [4.78, 5) is 37.0. The second-order valence-corrected chi connectivity index (χ2v) is 8.41. The van der Waals surface area contributed by atoms with Crippen LogP contribution in [0.5, 0.6) is 0 Å². The lowest BCUT2D eigenvalue weighted by molar-refractivity contribution is -0.131. The minimum Gasteiger partial charge on any atom is -0.352 e. The molecule has 0 unspecified atom stereocenters. The first kappa shape index (κ1) is 27.9. The molecule has 5 N–H and O–H groups in total. The Balaban J connectivity index is 1.50. The van der Waals surface area contributed by atoms with Gasteiger partial charge in [-0.3, -0.25) is 19.6 Å². The molecule has 3 amide bonds. The van der Waals surface area contributed by atoms with Crippen molar-refractivity contribution in [3.63, 3.8) is 0 Å². The molecule has 3 aromatic rings. The van der Waals surface area contributed by atoms with Gasteiger partial charge in [0.1, 0.15) is 6.04 Å². The third-order valence-corrected chi connectivity index (χ3v) is 5.63. The van der Waals surface area contributed by atoms with Crippen molar-refractivity contribution in [2.45, 2.75) is 19.0 Å². The molecule has 0 fully saturated rings. The molecule has 0 saturated carbocycles. The fraction of sp³-hybridized carbons (Fsp3) is 0.167. The predicted octanol–water partition coefficient (Wildman–Crippen LogP) is 2.82. The number of carbonyl (C=O) groups excluding carboxylic acids is 3. The van der Waals surface area contributed by atoms with Gasteiger partial charge in [-0.15, -0.1) is 0 Å². The molecule has 8 heteroatoms. The quantitative estimate of drug-likeness (QED) is 0.163. The zero-order valence-corrected chi connectivity index (χ0v) is 21.0. The summed E-state index contributed by atoms with van der Waals surface area (Å²) in [6.07, 6.45) is 3.65. The number of hydrogen-bond donors (Lipinski definition) is 5. The zero-order chi connectivity index (χ0) is 27.2. The molecule has 0 radical (unpaired) electrons. The molecular formula is C30H30N4O4. The summed E-state index contributed by atoms with van der Waals surface area (Å²) in [6, 6.07) is 24.8. The van der Waals surface area contributed by atoms with Gasteiger partial charge in [0.05, 0.1) is 6.54 Å². The van der Waals surface area contributed by atoms with E-state index in [4.69, 9.17) is 5.21 Å². The van der Waals surface area contributed by atoms with Crippen molar-refractivity contribution in [1.82, 2.24) is 21.4 Å². The lowest BCUT2D eigenvalue weighted by Gasteiger charge is -2.18. The highest BCUT2D eigenvalue weighted by Gasteiger charge is 2.22. The topological polar surface area (TPSA) is 120 Å². The molecule has 0 heterocycles. The van der Waals surface area contributed by atoms with E-state index in [0.29, 0.717) is 11.1 Å². The summed E-state index contributed by atoms with van der Waals surface area (Å²) in [5.74, 6) is 4.20. The molecule has 0 aliphatic carbocycles. The average Bonchev–Trinajstić information content (AvgIpc) is 2.97. The van der Waals surface area contributed by atoms with Gasteiger partial charge in [0.2, 0.25) is 5.91 Å². The van der Waals surface area contributed by atoms with Crippen molar-refractivity contribution in [2.75, 3.05) is 13.1 Å². The first-order valence-electron chi connectivity index (χ1n) is 12.1. The van der Waals surface area contributed by atoms with E-state index in [1.807, 2.05) is 73.7 Å². The number of benzene rings is 3. The molecule has 38 heavy (non-hydrogen) atoms. The third-order valence-electron chi connectivity index (χ3n) is 5.63. The SMILES string of the molecule is C[C@H](NCC(=O)NC[C@H](NC(=O)c1ccc(C#CC=Cc2ccccc2)cc1)C(=O)NO)c1ccccc1. The summed E-state index contributed by atoms with van der Waals surface area (Å²) >= 11 is 0. The zero-order valence-electron chi connectivity index (χ0n) is 21.0. The molecule has 3 rings (SSSR count). The predicted molar refractivity (Wildman–Crippen MR) is 146 cm³/mol. The molecule has 0 aliphatic heterocycles. The lowest BCUT2D eigenvalue weighted by atomic mass is 10.1. The molecule has 0 bridgehead atoms. The molecular weight excluding hydrogens is 480 g/mol. The van der Waals surface area contributed by atoms with E-state index < -0.39 is 17.9 Å². The number of allylic oxidation sites excluding steroid dienone is 1. The number of hydrogen-bond acceptors (Lipinski definition) is 5. The maximum absolute atomic E-state index is 12.7. The number of carbonyl (C=O) groups is 3. The van der Waals surface area contributed by atoms with Crippen LogP contribution in [0.2, 0.25) is 0 Å². The Hall–Kier alpha value is -4.71. The van der Waals surface area contributed by atoms with Crippen molar-refractivity contribution in [1.29, 1.82) is 0 Å². The van der Waals surface area contributed by atoms with Crippen molar-refractivity contribution in [3.8, 4) is 11.8 Å². The van der Waals surface area contributed by atoms with E-state index in [0.717, 1.165) is 11.1 Å². The smallest absolute Gasteiger partial charge is 0.267 e. The number of rotatable bonds is 10. The van der Waals surface area contributed by atoms with E-state index in [1.54, 1.807) is 30.3 Å². The van der Waals surface area contributed by atoms with Gasteiger partial charge in [0.25, 0.3) is 11.8 Å². The molecule has 8 nitrogen and oxygen atoms in total. The van der Waals surface area contributed by atoms with E-state index in [2.05, 4.69) is 27.8 Å². The van der Waals surface area contributed by atoms with Crippen molar-refractivity contribution in [2.24, 2.45) is 0 Å². The van der Waals surface area contributed by atoms with Gasteiger partial charge >= 0.3 is 0 Å². The fourth-order valence-electron chi connectivity index (χ4n) is 3.44. The van der Waals surface area contributed by atoms with E-state index in [-0.39, 0.29) is 25.0 Å². The van der Waals surface area contributed by atoms with Crippen LogP contribution < -0.4 is 21.4 Å². The second kappa shape index (κ2) is 14.8. The van der Waals surface area contributed by atoms with Crippen molar-refractivity contribution in [3.05, 3.63) is 113 Å². The molecule has 0 saturated heterocycles. The molecule has 2 atom stereocenters. The summed E-state index contributed by atoms with van der Waals surface area (Å²) in [6.45, 7) is 1.75. The summed E-state index contributed by atoms with van der Waals surface area (Å²) in [7, 11) is 0. The van der Waals surface area contributed by atoms with Gasteiger partial charge in [-0.1, -0.05) is 72.5 Å². The molecule has 0 aromatic heterocycles. The highest BCUT2D eigenvalue weighted by Crippen LogP contribution is 2.10. The minimum absolute atomic E-state index is 0.0144. The first-order chi connectivity index (χ1) is 18.5. The standard InChI is InChI=1S/C30H30N4O4/c1-22(25-14-6-3-7-15-25)31-21-28(35)32-20-27(30(37)34-38)33-29(36)26-18-16-24(17-19-26)13-9-8-12-23-10-4-2-5-11-23/h2-8,10-12,14-19,22,27,31,38H,20-21H2,1H3,(H,32,35)(H,33,36)(H,34,37)/t22-,27-/m0/s1. The summed E-state index contributed by atoms with van der Waals surface area (Å²) in [5, 5.41) is 17.3. The number of amides is 3. The van der Waals surface area contributed by atoms with Gasteiger partial charge in [0.15, 0.2) is 0 Å². The van der Waals surface area contributed by atoms with Gasteiger partial charge in [-0.25, -0.2) is 5.48 Å². The molecule has 3 aromatic carbocycles. The first-order valence-corrected chi connectivity index (χ1v) is 12.1. The Bertz CT molecular complexity index is 1300.